The number of rotatable bonds is 3. The molecule has 0 heterocycles. The zero-order valence-electron chi connectivity index (χ0n) is 12.6. The molecular formula is C18H14NO4P. The molecule has 0 aliphatic rings. The van der Waals surface area contributed by atoms with Gasteiger partial charge in [-0.3, -0.25) is 9.36 Å². The number of hydrogen-bond acceptors (Lipinski definition) is 2. The Kier molecular flexibility index (Phi) is 3.32. The van der Waals surface area contributed by atoms with E-state index in [1.165, 1.54) is 0 Å². The average Bonchev–Trinajstić information content (AvgIpc) is 2.57. The lowest BCUT2D eigenvalue weighted by Crippen LogP contribution is -2.24. The van der Waals surface area contributed by atoms with Gasteiger partial charge in [0, 0.05) is 5.56 Å². The van der Waals surface area contributed by atoms with E-state index in [4.69, 9.17) is 9.79 Å². The summed E-state index contributed by atoms with van der Waals surface area (Å²) in [6.45, 7) is 0. The zero-order chi connectivity index (χ0) is 16.9. The van der Waals surface area contributed by atoms with Crippen molar-refractivity contribution in [2.45, 2.75) is 0 Å². The van der Waals surface area contributed by atoms with Crippen LogP contribution in [0.15, 0.2) is 54.6 Å². The summed E-state index contributed by atoms with van der Waals surface area (Å²) in [4.78, 5) is 30.3. The molecule has 0 atom stereocenters. The van der Waals surface area contributed by atoms with Crippen molar-refractivity contribution >= 4 is 45.8 Å². The third-order valence-electron chi connectivity index (χ3n) is 4.22. The summed E-state index contributed by atoms with van der Waals surface area (Å²) in [5, 5.41) is 8.40. The Labute approximate surface area is 137 Å². The highest BCUT2D eigenvalue weighted by atomic mass is 31.2. The standard InChI is InChI=1S/C18H14NO4P/c20-18(19-10-24(21,22)23)15-9-7-13-5-4-11-2-1-3-12-6-8-14(15)17(13)16(11)12/h1-9H,10H2,(H,19,20)(H2,21,22,23). The summed E-state index contributed by atoms with van der Waals surface area (Å²) in [6, 6.07) is 17.5. The second-order valence-electron chi connectivity index (χ2n) is 5.80. The number of carbonyl (C=O) groups excluding carboxylic acids is 1. The second kappa shape index (κ2) is 5.28. The smallest absolute Gasteiger partial charge is 0.340 e. The molecule has 4 rings (SSSR count). The van der Waals surface area contributed by atoms with Crippen LogP contribution in [0.3, 0.4) is 0 Å². The summed E-state index contributed by atoms with van der Waals surface area (Å²) in [6.07, 6.45) is -0.673. The molecule has 0 aliphatic carbocycles. The minimum Gasteiger partial charge on any atom is -0.340 e. The second-order valence-corrected chi connectivity index (χ2v) is 7.44. The fraction of sp³-hybridized carbons (Fsp3) is 0.0556. The maximum Gasteiger partial charge on any atom is 0.344 e. The lowest BCUT2D eigenvalue weighted by molar-refractivity contribution is 0.0958. The lowest BCUT2D eigenvalue weighted by Gasteiger charge is -2.14. The van der Waals surface area contributed by atoms with Crippen molar-refractivity contribution in [3.8, 4) is 0 Å². The molecule has 0 aliphatic heterocycles. The molecule has 0 saturated carbocycles. The Hall–Kier alpha value is -2.46. The van der Waals surface area contributed by atoms with E-state index in [2.05, 4.69) is 11.4 Å². The first-order valence-corrected chi connectivity index (χ1v) is 9.23. The monoisotopic (exact) mass is 339 g/mol. The van der Waals surface area contributed by atoms with E-state index in [1.54, 1.807) is 6.07 Å². The topological polar surface area (TPSA) is 86.6 Å². The Morgan fingerprint density at radius 2 is 1.46 bits per heavy atom. The van der Waals surface area contributed by atoms with Gasteiger partial charge >= 0.3 is 7.60 Å². The van der Waals surface area contributed by atoms with Crippen LogP contribution in [0, 0.1) is 0 Å². The number of benzene rings is 4. The molecule has 0 spiro atoms. The van der Waals surface area contributed by atoms with Crippen molar-refractivity contribution < 1.29 is 19.1 Å². The summed E-state index contributed by atoms with van der Waals surface area (Å²) < 4.78 is 11.0. The van der Waals surface area contributed by atoms with Crippen LogP contribution >= 0.6 is 7.60 Å². The molecule has 4 aromatic carbocycles. The van der Waals surface area contributed by atoms with Crippen LogP contribution in [0.2, 0.25) is 0 Å². The molecule has 5 nitrogen and oxygen atoms in total. The van der Waals surface area contributed by atoms with Gasteiger partial charge in [0.05, 0.1) is 0 Å². The van der Waals surface area contributed by atoms with E-state index >= 15 is 0 Å². The first-order chi connectivity index (χ1) is 11.4. The molecule has 120 valence electrons. The number of hydrogen-bond donors (Lipinski definition) is 3. The first kappa shape index (κ1) is 15.1. The highest BCUT2D eigenvalue weighted by Gasteiger charge is 2.18. The van der Waals surface area contributed by atoms with E-state index < -0.39 is 19.8 Å². The Balaban J connectivity index is 1.94. The van der Waals surface area contributed by atoms with Gasteiger partial charge in [-0.25, -0.2) is 0 Å². The maximum absolute atomic E-state index is 12.4. The van der Waals surface area contributed by atoms with E-state index in [-0.39, 0.29) is 0 Å². The molecule has 1 amide bonds. The van der Waals surface area contributed by atoms with Crippen molar-refractivity contribution in [1.82, 2.24) is 5.32 Å². The number of amides is 1. The van der Waals surface area contributed by atoms with E-state index in [0.29, 0.717) is 5.56 Å². The molecule has 0 radical (unpaired) electrons. The Morgan fingerprint density at radius 1 is 0.875 bits per heavy atom. The summed E-state index contributed by atoms with van der Waals surface area (Å²) in [5.41, 5.74) is 0.411. The molecule has 4 aromatic rings. The highest BCUT2D eigenvalue weighted by molar-refractivity contribution is 7.51. The van der Waals surface area contributed by atoms with Gasteiger partial charge < -0.3 is 15.1 Å². The summed E-state index contributed by atoms with van der Waals surface area (Å²) in [5.74, 6) is -0.490. The summed E-state index contributed by atoms with van der Waals surface area (Å²) >= 11 is 0. The summed E-state index contributed by atoms with van der Waals surface area (Å²) in [7, 11) is -4.29. The van der Waals surface area contributed by atoms with Crippen LogP contribution in [0.4, 0.5) is 0 Å². The Bertz CT molecular complexity index is 1120. The first-order valence-electron chi connectivity index (χ1n) is 7.43. The van der Waals surface area contributed by atoms with Gasteiger partial charge in [-0.1, -0.05) is 48.5 Å². The third-order valence-corrected chi connectivity index (χ3v) is 4.79. The van der Waals surface area contributed by atoms with Crippen molar-refractivity contribution in [3.63, 3.8) is 0 Å². The highest BCUT2D eigenvalue weighted by Crippen LogP contribution is 2.36. The van der Waals surface area contributed by atoms with Crippen LogP contribution in [-0.4, -0.2) is 22.0 Å². The lowest BCUT2D eigenvalue weighted by atomic mass is 9.92. The van der Waals surface area contributed by atoms with Gasteiger partial charge in [0.1, 0.15) is 6.29 Å². The molecule has 3 N–H and O–H groups in total. The van der Waals surface area contributed by atoms with E-state index in [0.717, 1.165) is 32.3 Å². The fourth-order valence-electron chi connectivity index (χ4n) is 3.20. The van der Waals surface area contributed by atoms with Crippen LogP contribution in [0.25, 0.3) is 32.3 Å². The minimum absolute atomic E-state index is 0.411. The molecule has 0 aromatic heterocycles. The van der Waals surface area contributed by atoms with Crippen LogP contribution < -0.4 is 5.32 Å². The van der Waals surface area contributed by atoms with Crippen molar-refractivity contribution in [3.05, 3.63) is 60.2 Å². The van der Waals surface area contributed by atoms with Gasteiger partial charge in [-0.15, -0.1) is 0 Å². The third kappa shape index (κ3) is 2.43. The van der Waals surface area contributed by atoms with Crippen molar-refractivity contribution in [1.29, 1.82) is 0 Å². The van der Waals surface area contributed by atoms with Gasteiger partial charge in [0.2, 0.25) is 0 Å². The predicted molar refractivity (Wildman–Crippen MR) is 94.5 cm³/mol. The quantitative estimate of drug-likeness (QED) is 0.394. The van der Waals surface area contributed by atoms with E-state index in [9.17, 15) is 9.36 Å². The molecule has 0 bridgehead atoms. The van der Waals surface area contributed by atoms with Crippen molar-refractivity contribution in [2.75, 3.05) is 6.29 Å². The Morgan fingerprint density at radius 3 is 2.12 bits per heavy atom. The normalized spacial score (nSPS) is 12.2. The molecule has 6 heteroatoms. The van der Waals surface area contributed by atoms with Gasteiger partial charge in [0.25, 0.3) is 5.91 Å². The van der Waals surface area contributed by atoms with Crippen LogP contribution in [-0.2, 0) is 4.57 Å². The van der Waals surface area contributed by atoms with Gasteiger partial charge in [-0.2, -0.15) is 0 Å². The van der Waals surface area contributed by atoms with Crippen LogP contribution in [0.5, 0.6) is 0 Å². The van der Waals surface area contributed by atoms with Gasteiger partial charge in [0.15, 0.2) is 0 Å². The largest absolute Gasteiger partial charge is 0.344 e. The van der Waals surface area contributed by atoms with Gasteiger partial charge in [-0.05, 0) is 38.4 Å². The van der Waals surface area contributed by atoms with Crippen LogP contribution in [0.1, 0.15) is 10.4 Å². The molecule has 24 heavy (non-hydrogen) atoms. The molecule has 0 fully saturated rings. The molecule has 0 saturated heterocycles. The number of carbonyl (C=O) groups is 1. The van der Waals surface area contributed by atoms with E-state index in [1.807, 2.05) is 42.5 Å². The minimum atomic E-state index is -4.29. The maximum atomic E-state index is 12.4. The molecule has 0 unspecified atom stereocenters. The van der Waals surface area contributed by atoms with Crippen molar-refractivity contribution in [2.24, 2.45) is 0 Å². The zero-order valence-corrected chi connectivity index (χ0v) is 13.5. The number of nitrogens with one attached hydrogen (secondary N) is 1. The fourth-order valence-corrected chi connectivity index (χ4v) is 3.55. The SMILES string of the molecule is O=C(NCP(=O)(O)O)c1ccc2ccc3cccc4ccc1c2c34. The molecular weight excluding hydrogens is 325 g/mol. The average molecular weight is 339 g/mol. The predicted octanol–water partition coefficient (Wildman–Crippen LogP) is 3.45.